The van der Waals surface area contributed by atoms with Crippen LogP contribution in [0, 0.1) is 0 Å². The number of hydrogen-bond donors (Lipinski definition) is 0. The Morgan fingerprint density at radius 3 is 0.911 bits per heavy atom. The maximum atomic E-state index is 12.8. The molecular weight excluding hydrogens is 689 g/mol. The van der Waals surface area contributed by atoms with Gasteiger partial charge in [-0.2, -0.15) is 0 Å². The SMILES string of the molecule is CCC.CCCCCCCC/C=C\CCCCCCCCC(CCCCCCCC(=O)OC(CCCCCCCC)CCCCCCCC)OC(=O)CCCC. The molecule has 0 aliphatic carbocycles. The molecule has 0 heterocycles. The monoisotopic (exact) mass is 791 g/mol. The highest BCUT2D eigenvalue weighted by Crippen LogP contribution is 2.20. The molecule has 334 valence electrons. The van der Waals surface area contributed by atoms with Crippen LogP contribution in [-0.2, 0) is 19.1 Å². The number of carbonyl (C=O) groups is 2. The molecule has 0 spiro atoms. The average Bonchev–Trinajstić information content (AvgIpc) is 3.19. The van der Waals surface area contributed by atoms with E-state index in [4.69, 9.17) is 9.47 Å². The molecule has 0 saturated carbocycles. The minimum absolute atomic E-state index is 0.00815. The van der Waals surface area contributed by atoms with Gasteiger partial charge in [0.25, 0.3) is 0 Å². The van der Waals surface area contributed by atoms with Gasteiger partial charge in [-0.05, 0) is 89.9 Å². The van der Waals surface area contributed by atoms with E-state index in [9.17, 15) is 9.59 Å². The highest BCUT2D eigenvalue weighted by Gasteiger charge is 2.16. The van der Waals surface area contributed by atoms with Gasteiger partial charge in [-0.15, -0.1) is 0 Å². The van der Waals surface area contributed by atoms with Gasteiger partial charge >= 0.3 is 11.9 Å². The molecule has 0 aliphatic heterocycles. The lowest BCUT2D eigenvalue weighted by Gasteiger charge is -2.18. The van der Waals surface area contributed by atoms with Crippen LogP contribution in [0.3, 0.4) is 0 Å². The first-order valence-corrected chi connectivity index (χ1v) is 25.5. The molecule has 0 bridgehead atoms. The molecule has 0 aromatic heterocycles. The highest BCUT2D eigenvalue weighted by atomic mass is 16.5. The predicted octanol–water partition coefficient (Wildman–Crippen LogP) is 18.1. The van der Waals surface area contributed by atoms with Crippen LogP contribution >= 0.6 is 0 Å². The molecule has 0 aromatic rings. The molecule has 0 aliphatic rings. The summed E-state index contributed by atoms with van der Waals surface area (Å²) >= 11 is 0. The first-order chi connectivity index (χ1) is 27.5. The fourth-order valence-corrected chi connectivity index (χ4v) is 7.43. The Bertz CT molecular complexity index is 776. The first-order valence-electron chi connectivity index (χ1n) is 25.5. The van der Waals surface area contributed by atoms with Gasteiger partial charge in [0.1, 0.15) is 12.2 Å². The van der Waals surface area contributed by atoms with Gasteiger partial charge in [-0.1, -0.05) is 208 Å². The zero-order chi connectivity index (χ0) is 41.4. The van der Waals surface area contributed by atoms with Crippen molar-refractivity contribution in [3.8, 4) is 0 Å². The standard InChI is InChI=1S/C49H94O4.C3H8/c1-5-9-13-16-19-20-21-22-23-24-25-26-27-28-32-37-42-46(52-48(50)44-12-8-4)43-38-33-29-34-39-45-49(51)53-47(40-35-30-17-14-10-6-2)41-36-31-18-15-11-7-3;1-3-2/h22-23,46-47H,5-21,24-45H2,1-4H3;3H2,1-2H3/b23-22-;. The zero-order valence-electron chi connectivity index (χ0n) is 39.2. The fourth-order valence-electron chi connectivity index (χ4n) is 7.43. The number of unbranched alkanes of at least 4 members (excludes halogenated alkanes) is 27. The smallest absolute Gasteiger partial charge is 0.306 e. The van der Waals surface area contributed by atoms with Crippen molar-refractivity contribution in [3.63, 3.8) is 0 Å². The van der Waals surface area contributed by atoms with Crippen molar-refractivity contribution in [2.45, 2.75) is 311 Å². The van der Waals surface area contributed by atoms with Crippen molar-refractivity contribution in [3.05, 3.63) is 12.2 Å². The maximum Gasteiger partial charge on any atom is 0.306 e. The van der Waals surface area contributed by atoms with Crippen LogP contribution in [-0.4, -0.2) is 24.1 Å². The molecule has 0 amide bonds. The molecule has 0 rings (SSSR count). The second-order valence-corrected chi connectivity index (χ2v) is 17.2. The lowest BCUT2D eigenvalue weighted by molar-refractivity contribution is -0.150. The molecule has 4 heteroatoms. The summed E-state index contributed by atoms with van der Waals surface area (Å²) in [6.45, 7) is 13.2. The first kappa shape index (κ1) is 56.8. The lowest BCUT2D eigenvalue weighted by atomic mass is 10.0. The van der Waals surface area contributed by atoms with Crippen LogP contribution in [0.4, 0.5) is 0 Å². The van der Waals surface area contributed by atoms with Gasteiger partial charge in [0.05, 0.1) is 0 Å². The Morgan fingerprint density at radius 1 is 0.339 bits per heavy atom. The molecule has 0 saturated heterocycles. The van der Waals surface area contributed by atoms with Crippen LogP contribution in [0.2, 0.25) is 0 Å². The number of esters is 2. The van der Waals surface area contributed by atoms with E-state index in [1.165, 1.54) is 167 Å². The average molecular weight is 791 g/mol. The van der Waals surface area contributed by atoms with Crippen molar-refractivity contribution in [2.75, 3.05) is 0 Å². The summed E-state index contributed by atoms with van der Waals surface area (Å²) in [7, 11) is 0. The van der Waals surface area contributed by atoms with E-state index >= 15 is 0 Å². The molecule has 0 radical (unpaired) electrons. The van der Waals surface area contributed by atoms with Crippen molar-refractivity contribution in [2.24, 2.45) is 0 Å². The third-order valence-electron chi connectivity index (χ3n) is 11.0. The number of carbonyl (C=O) groups excluding carboxylic acids is 2. The van der Waals surface area contributed by atoms with E-state index in [1.54, 1.807) is 0 Å². The van der Waals surface area contributed by atoms with Crippen molar-refractivity contribution in [1.29, 1.82) is 0 Å². The zero-order valence-corrected chi connectivity index (χ0v) is 39.2. The van der Waals surface area contributed by atoms with Gasteiger partial charge in [-0.25, -0.2) is 0 Å². The molecule has 0 fully saturated rings. The summed E-state index contributed by atoms with van der Waals surface area (Å²) in [5.41, 5.74) is 0. The minimum atomic E-state index is -0.00815. The van der Waals surface area contributed by atoms with E-state index in [1.807, 2.05) is 0 Å². The van der Waals surface area contributed by atoms with Crippen LogP contribution in [0.5, 0.6) is 0 Å². The van der Waals surface area contributed by atoms with Gasteiger partial charge in [0.2, 0.25) is 0 Å². The van der Waals surface area contributed by atoms with Gasteiger partial charge in [-0.3, -0.25) is 9.59 Å². The molecule has 1 atom stereocenters. The van der Waals surface area contributed by atoms with Gasteiger partial charge in [0.15, 0.2) is 0 Å². The van der Waals surface area contributed by atoms with Gasteiger partial charge in [0, 0.05) is 12.8 Å². The van der Waals surface area contributed by atoms with E-state index in [0.717, 1.165) is 77.0 Å². The topological polar surface area (TPSA) is 52.6 Å². The Morgan fingerprint density at radius 2 is 0.589 bits per heavy atom. The Hall–Kier alpha value is -1.32. The number of ether oxygens (including phenoxy) is 2. The van der Waals surface area contributed by atoms with E-state index in [-0.39, 0.29) is 24.1 Å². The highest BCUT2D eigenvalue weighted by molar-refractivity contribution is 5.69. The summed E-state index contributed by atoms with van der Waals surface area (Å²) < 4.78 is 12.0. The maximum absolute atomic E-state index is 12.8. The third kappa shape index (κ3) is 47.1. The molecule has 56 heavy (non-hydrogen) atoms. The summed E-state index contributed by atoms with van der Waals surface area (Å²) in [4.78, 5) is 25.2. The van der Waals surface area contributed by atoms with Crippen molar-refractivity contribution < 1.29 is 19.1 Å². The minimum Gasteiger partial charge on any atom is -0.462 e. The van der Waals surface area contributed by atoms with Crippen molar-refractivity contribution >= 4 is 11.9 Å². The van der Waals surface area contributed by atoms with Crippen LogP contribution in [0.1, 0.15) is 298 Å². The fraction of sp³-hybridized carbons (Fsp3) is 0.923. The molecule has 0 aromatic carbocycles. The number of allylic oxidation sites excluding steroid dienone is 2. The number of hydrogen-bond acceptors (Lipinski definition) is 4. The quantitative estimate of drug-likeness (QED) is 0.0351. The number of rotatable bonds is 43. The summed E-state index contributed by atoms with van der Waals surface area (Å²) in [6.07, 6.45) is 52.6. The third-order valence-corrected chi connectivity index (χ3v) is 11.0. The normalized spacial score (nSPS) is 11.9. The lowest BCUT2D eigenvalue weighted by Crippen LogP contribution is -2.18. The predicted molar refractivity (Wildman–Crippen MR) is 248 cm³/mol. The van der Waals surface area contributed by atoms with Gasteiger partial charge < -0.3 is 9.47 Å². The molecule has 0 N–H and O–H groups in total. The second-order valence-electron chi connectivity index (χ2n) is 17.2. The Balaban J connectivity index is 0. The van der Waals surface area contributed by atoms with Crippen molar-refractivity contribution in [1.82, 2.24) is 0 Å². The van der Waals surface area contributed by atoms with Crippen LogP contribution < -0.4 is 0 Å². The molecular formula is C52H102O4. The van der Waals surface area contributed by atoms with Crippen LogP contribution in [0.25, 0.3) is 0 Å². The van der Waals surface area contributed by atoms with E-state index in [0.29, 0.717) is 12.8 Å². The Labute approximate surface area is 352 Å². The molecule has 1 unspecified atom stereocenters. The van der Waals surface area contributed by atoms with E-state index < -0.39 is 0 Å². The summed E-state index contributed by atoms with van der Waals surface area (Å²) in [5.74, 6) is 0.00728. The largest absolute Gasteiger partial charge is 0.462 e. The second kappa shape index (κ2) is 49.8. The summed E-state index contributed by atoms with van der Waals surface area (Å²) in [6, 6.07) is 0. The summed E-state index contributed by atoms with van der Waals surface area (Å²) in [5, 5.41) is 0. The van der Waals surface area contributed by atoms with E-state index in [2.05, 4.69) is 53.7 Å². The van der Waals surface area contributed by atoms with Crippen LogP contribution in [0.15, 0.2) is 12.2 Å². The molecule has 4 nitrogen and oxygen atoms in total. The Kier molecular flexibility index (Phi) is 50.5.